The molecule has 166 valence electrons. The Kier molecular flexibility index (Phi) is 4.94. The molecule has 0 saturated heterocycles. The molecular weight excluding hydrogens is 406 g/mol. The van der Waals surface area contributed by atoms with Crippen LogP contribution in [-0.4, -0.2) is 49.2 Å². The highest BCUT2D eigenvalue weighted by molar-refractivity contribution is 8.00. The van der Waals surface area contributed by atoms with Gasteiger partial charge in [0.1, 0.15) is 12.2 Å². The van der Waals surface area contributed by atoms with E-state index >= 15 is 0 Å². The third kappa shape index (κ3) is 3.29. The highest BCUT2D eigenvalue weighted by Gasteiger charge is 2.32. The summed E-state index contributed by atoms with van der Waals surface area (Å²) in [7, 11) is -2.64. The number of aryl methyl sites for hydroxylation is 1. The maximum Gasteiger partial charge on any atom is 0.138 e. The van der Waals surface area contributed by atoms with Crippen molar-refractivity contribution in [3.05, 3.63) is 52.6 Å². The molecule has 1 aromatic carbocycles. The standard InChI is InChI=1S/C24H33N5OS/c1-15-10-22-20(16(2)12-25-22)11-23(15)31(5,30)28-8-6-19(7-9-28)21-13-29-24(26-14-27-29)18(4)17(21)3/h6,10-11,13-14,16-18,25,31H,7-9,12H2,1-5H3. The van der Waals surface area contributed by atoms with E-state index in [1.807, 2.05) is 10.9 Å². The number of anilines is 1. The van der Waals surface area contributed by atoms with Crippen molar-refractivity contribution in [1.29, 1.82) is 0 Å². The van der Waals surface area contributed by atoms with Gasteiger partial charge in [0.05, 0.1) is 0 Å². The molecule has 7 heteroatoms. The van der Waals surface area contributed by atoms with Crippen LogP contribution in [0.2, 0.25) is 0 Å². The molecule has 1 N–H and O–H groups in total. The summed E-state index contributed by atoms with van der Waals surface area (Å²) in [5.41, 5.74) is 6.33. The number of fused-ring (bicyclic) bond motifs is 2. The van der Waals surface area contributed by atoms with E-state index in [-0.39, 0.29) is 0 Å². The van der Waals surface area contributed by atoms with Gasteiger partial charge in [-0.15, -0.1) is 0 Å². The molecular formula is C24H33N5OS. The molecule has 0 spiro atoms. The van der Waals surface area contributed by atoms with Crippen LogP contribution in [0, 0.1) is 12.8 Å². The first-order chi connectivity index (χ1) is 14.8. The number of nitrogens with zero attached hydrogens (tertiary/aromatic N) is 4. The van der Waals surface area contributed by atoms with Crippen LogP contribution in [0.25, 0.3) is 6.20 Å². The Bertz CT molecular complexity index is 1150. The highest BCUT2D eigenvalue weighted by atomic mass is 32.3. The maximum absolute atomic E-state index is 14.1. The monoisotopic (exact) mass is 439 g/mol. The summed E-state index contributed by atoms with van der Waals surface area (Å²) in [4.78, 5) is 5.44. The van der Waals surface area contributed by atoms with Crippen LogP contribution in [0.4, 0.5) is 5.69 Å². The van der Waals surface area contributed by atoms with Gasteiger partial charge in [0.25, 0.3) is 0 Å². The van der Waals surface area contributed by atoms with Crippen molar-refractivity contribution in [2.75, 3.05) is 31.2 Å². The Morgan fingerprint density at radius 1 is 1.19 bits per heavy atom. The van der Waals surface area contributed by atoms with E-state index in [9.17, 15) is 4.21 Å². The molecule has 0 fully saturated rings. The van der Waals surface area contributed by atoms with Crippen molar-refractivity contribution < 1.29 is 4.21 Å². The molecule has 3 unspecified atom stereocenters. The topological polar surface area (TPSA) is 63.1 Å². The second-order valence-electron chi connectivity index (χ2n) is 9.50. The minimum Gasteiger partial charge on any atom is -0.384 e. The predicted octanol–water partition coefficient (Wildman–Crippen LogP) is 3.96. The number of hydrogen-bond donors (Lipinski definition) is 2. The van der Waals surface area contributed by atoms with Gasteiger partial charge in [-0.1, -0.05) is 26.8 Å². The van der Waals surface area contributed by atoms with Crippen LogP contribution in [-0.2, 0) is 10.1 Å². The third-order valence-electron chi connectivity index (χ3n) is 7.55. The van der Waals surface area contributed by atoms with Gasteiger partial charge in [-0.2, -0.15) is 5.10 Å². The van der Waals surface area contributed by atoms with E-state index < -0.39 is 10.1 Å². The lowest BCUT2D eigenvalue weighted by molar-refractivity contribution is 0.449. The van der Waals surface area contributed by atoms with E-state index in [0.717, 1.165) is 42.3 Å². The minimum atomic E-state index is -2.64. The van der Waals surface area contributed by atoms with Crippen LogP contribution in [0.3, 0.4) is 0 Å². The van der Waals surface area contributed by atoms with E-state index in [1.54, 1.807) is 6.33 Å². The lowest BCUT2D eigenvalue weighted by atomic mass is 9.81. The number of thiol groups is 1. The number of allylic oxidation sites excluding steroid dienone is 1. The van der Waals surface area contributed by atoms with Crippen molar-refractivity contribution >= 4 is 22.0 Å². The Hall–Kier alpha value is -2.25. The van der Waals surface area contributed by atoms with Gasteiger partial charge in [-0.25, -0.2) is 14.0 Å². The number of hydrogen-bond acceptors (Lipinski definition) is 4. The first kappa shape index (κ1) is 20.6. The first-order valence-corrected chi connectivity index (χ1v) is 13.4. The molecule has 31 heavy (non-hydrogen) atoms. The largest absolute Gasteiger partial charge is 0.384 e. The average molecular weight is 440 g/mol. The second-order valence-corrected chi connectivity index (χ2v) is 12.3. The fraction of sp³-hybridized carbons (Fsp3) is 0.500. The number of rotatable bonds is 3. The van der Waals surface area contributed by atoms with Crippen molar-refractivity contribution in [2.24, 2.45) is 5.92 Å². The molecule has 0 radical (unpaired) electrons. The molecule has 2 aromatic rings. The van der Waals surface area contributed by atoms with Crippen LogP contribution < -0.4 is 5.32 Å². The van der Waals surface area contributed by atoms with Gasteiger partial charge in [0.15, 0.2) is 0 Å². The van der Waals surface area contributed by atoms with Crippen LogP contribution in [0.5, 0.6) is 0 Å². The molecule has 4 heterocycles. The second kappa shape index (κ2) is 7.41. The Morgan fingerprint density at radius 3 is 2.74 bits per heavy atom. The first-order valence-electron chi connectivity index (χ1n) is 11.3. The van der Waals surface area contributed by atoms with Crippen LogP contribution in [0.15, 0.2) is 40.6 Å². The Labute approximate surface area is 186 Å². The third-order valence-corrected chi connectivity index (χ3v) is 10.4. The minimum absolute atomic E-state index is 0.336. The van der Waals surface area contributed by atoms with Crippen molar-refractivity contribution in [3.8, 4) is 0 Å². The zero-order chi connectivity index (χ0) is 21.9. The quantitative estimate of drug-likeness (QED) is 0.711. The number of benzene rings is 1. The molecule has 0 saturated carbocycles. The van der Waals surface area contributed by atoms with Gasteiger partial charge >= 0.3 is 0 Å². The molecule has 3 atom stereocenters. The summed E-state index contributed by atoms with van der Waals surface area (Å²) >= 11 is 0. The summed E-state index contributed by atoms with van der Waals surface area (Å²) in [6.07, 6.45) is 8.91. The smallest absolute Gasteiger partial charge is 0.138 e. The van der Waals surface area contributed by atoms with Crippen LogP contribution >= 0.6 is 0 Å². The lowest BCUT2D eigenvalue weighted by Gasteiger charge is -2.38. The van der Waals surface area contributed by atoms with Gasteiger partial charge in [-0.05, 0) is 63.8 Å². The van der Waals surface area contributed by atoms with Gasteiger partial charge in [-0.3, -0.25) is 4.21 Å². The van der Waals surface area contributed by atoms with E-state index in [1.165, 1.54) is 22.4 Å². The molecule has 3 aliphatic heterocycles. The Morgan fingerprint density at radius 2 is 2.00 bits per heavy atom. The zero-order valence-electron chi connectivity index (χ0n) is 19.1. The number of aromatic nitrogens is 3. The summed E-state index contributed by atoms with van der Waals surface area (Å²) < 4.78 is 18.2. The molecule has 5 rings (SSSR count). The Balaban J connectivity index is 1.42. The van der Waals surface area contributed by atoms with Gasteiger partial charge < -0.3 is 5.32 Å². The molecule has 6 nitrogen and oxygen atoms in total. The van der Waals surface area contributed by atoms with Crippen molar-refractivity contribution in [3.63, 3.8) is 0 Å². The predicted molar refractivity (Wildman–Crippen MR) is 128 cm³/mol. The molecule has 0 bridgehead atoms. The normalized spacial score (nSPS) is 26.5. The fourth-order valence-corrected chi connectivity index (χ4v) is 7.59. The maximum atomic E-state index is 14.1. The van der Waals surface area contributed by atoms with Crippen molar-refractivity contribution in [1.82, 2.24) is 19.1 Å². The lowest BCUT2D eigenvalue weighted by Crippen LogP contribution is -2.40. The average Bonchev–Trinajstić information content (AvgIpc) is 3.37. The van der Waals surface area contributed by atoms with Crippen LogP contribution in [0.1, 0.15) is 56.0 Å². The van der Waals surface area contributed by atoms with E-state index in [2.05, 4.69) is 71.8 Å². The summed E-state index contributed by atoms with van der Waals surface area (Å²) in [6.45, 7) is 11.3. The molecule has 0 amide bonds. The number of nitrogens with one attached hydrogen (secondary N) is 1. The summed E-state index contributed by atoms with van der Waals surface area (Å²) in [6, 6.07) is 4.39. The van der Waals surface area contributed by atoms with Gasteiger partial charge in [0.2, 0.25) is 0 Å². The molecule has 1 aromatic heterocycles. The highest BCUT2D eigenvalue weighted by Crippen LogP contribution is 2.40. The molecule has 3 aliphatic rings. The fourth-order valence-electron chi connectivity index (χ4n) is 5.32. The summed E-state index contributed by atoms with van der Waals surface area (Å²) in [5.74, 6) is 2.23. The van der Waals surface area contributed by atoms with Crippen molar-refractivity contribution in [2.45, 2.75) is 50.8 Å². The van der Waals surface area contributed by atoms with E-state index in [0.29, 0.717) is 17.8 Å². The molecule has 0 aliphatic carbocycles. The zero-order valence-corrected chi connectivity index (χ0v) is 20.0. The van der Waals surface area contributed by atoms with E-state index in [4.69, 9.17) is 0 Å². The van der Waals surface area contributed by atoms with Gasteiger partial charge in [0, 0.05) is 54.5 Å². The summed E-state index contributed by atoms with van der Waals surface area (Å²) in [5, 5.41) is 7.84. The SMILES string of the molecule is Cc1cc2c(cc1[SH](C)(=O)N1CC=C(C3=Cn4ncnc4C(C)C3C)CC1)C(C)CN2.